The topological polar surface area (TPSA) is 116 Å². The molecule has 32 heavy (non-hydrogen) atoms. The van der Waals surface area contributed by atoms with E-state index in [1.54, 1.807) is 18.2 Å². The van der Waals surface area contributed by atoms with Gasteiger partial charge in [0, 0.05) is 33.9 Å². The van der Waals surface area contributed by atoms with E-state index in [0.29, 0.717) is 29.6 Å². The summed E-state index contributed by atoms with van der Waals surface area (Å²) in [4.78, 5) is 19.0. The number of nitrogens with one attached hydrogen (secondary N) is 1. The Hall–Kier alpha value is -3.98. The molecule has 0 unspecified atom stereocenters. The maximum absolute atomic E-state index is 10.9. The molecule has 0 saturated carbocycles. The zero-order valence-electron chi connectivity index (χ0n) is 16.7. The molecule has 3 N–H and O–H groups in total. The number of non-ortho nitro benzene ring substituents is 1. The average Bonchev–Trinajstić information content (AvgIpc) is 2.79. The number of aromatic nitrogens is 2. The number of nitro benzene ring substituents is 1. The van der Waals surface area contributed by atoms with E-state index < -0.39 is 4.92 Å². The lowest BCUT2D eigenvalue weighted by Crippen LogP contribution is -2.03. The summed E-state index contributed by atoms with van der Waals surface area (Å²) in [5, 5.41) is 14.0. The van der Waals surface area contributed by atoms with E-state index in [1.165, 1.54) is 12.1 Å². The summed E-state index contributed by atoms with van der Waals surface area (Å²) in [6, 6.07) is 23.3. The maximum Gasteiger partial charge on any atom is 0.269 e. The van der Waals surface area contributed by atoms with E-state index in [0.717, 1.165) is 15.6 Å². The van der Waals surface area contributed by atoms with Crippen LogP contribution in [0.15, 0.2) is 83.3 Å². The highest BCUT2D eigenvalue weighted by atomic mass is 79.9. The van der Waals surface area contributed by atoms with Gasteiger partial charge in [-0.3, -0.25) is 10.1 Å². The number of rotatable bonds is 7. The van der Waals surface area contributed by atoms with Crippen LogP contribution < -0.4 is 15.8 Å². The molecule has 0 aliphatic heterocycles. The molecular weight excluding hydrogens is 474 g/mol. The molecule has 0 aliphatic rings. The van der Waals surface area contributed by atoms with Gasteiger partial charge in [-0.2, -0.15) is 4.98 Å². The number of hydrogen-bond donors (Lipinski definition) is 2. The van der Waals surface area contributed by atoms with Crippen LogP contribution in [-0.2, 0) is 6.61 Å². The molecule has 0 radical (unpaired) electrons. The summed E-state index contributed by atoms with van der Waals surface area (Å²) in [5.41, 5.74) is 8.97. The lowest BCUT2D eigenvalue weighted by atomic mass is 10.1. The van der Waals surface area contributed by atoms with Crippen LogP contribution in [0.25, 0.3) is 11.3 Å². The molecule has 0 saturated heterocycles. The van der Waals surface area contributed by atoms with Crippen LogP contribution >= 0.6 is 15.9 Å². The van der Waals surface area contributed by atoms with Gasteiger partial charge in [0.25, 0.3) is 5.69 Å². The minimum Gasteiger partial charge on any atom is -0.488 e. The molecule has 0 bridgehead atoms. The summed E-state index contributed by atoms with van der Waals surface area (Å²) in [6.07, 6.45) is 0. The number of hydrogen-bond acceptors (Lipinski definition) is 7. The first-order valence-electron chi connectivity index (χ1n) is 9.60. The Morgan fingerprint density at radius 1 is 1.00 bits per heavy atom. The Labute approximate surface area is 192 Å². The second kappa shape index (κ2) is 9.44. The molecule has 4 aromatic rings. The van der Waals surface area contributed by atoms with Gasteiger partial charge in [0.2, 0.25) is 5.95 Å². The van der Waals surface area contributed by atoms with Crippen LogP contribution in [0.2, 0.25) is 0 Å². The molecule has 9 heteroatoms. The first-order chi connectivity index (χ1) is 15.5. The van der Waals surface area contributed by atoms with Crippen molar-refractivity contribution in [3.05, 3.63) is 99.0 Å². The van der Waals surface area contributed by atoms with Crippen LogP contribution in [-0.4, -0.2) is 14.9 Å². The Bertz CT molecular complexity index is 1250. The normalized spacial score (nSPS) is 10.5. The van der Waals surface area contributed by atoms with Crippen molar-refractivity contribution in [2.75, 3.05) is 11.1 Å². The molecule has 0 fully saturated rings. The van der Waals surface area contributed by atoms with Gasteiger partial charge in [0.15, 0.2) is 0 Å². The Kier molecular flexibility index (Phi) is 6.27. The number of nitro groups is 1. The van der Waals surface area contributed by atoms with E-state index in [-0.39, 0.29) is 11.6 Å². The molecular formula is C23H18BrN5O3. The number of halogens is 1. The fourth-order valence-corrected chi connectivity index (χ4v) is 3.41. The third-order valence-corrected chi connectivity index (χ3v) is 5.04. The zero-order chi connectivity index (χ0) is 22.5. The highest BCUT2D eigenvalue weighted by molar-refractivity contribution is 9.10. The second-order valence-corrected chi connectivity index (χ2v) is 7.76. The number of nitrogens with two attached hydrogens (primary N) is 1. The fourth-order valence-electron chi connectivity index (χ4n) is 3.05. The Morgan fingerprint density at radius 2 is 1.75 bits per heavy atom. The summed E-state index contributed by atoms with van der Waals surface area (Å²) < 4.78 is 6.92. The SMILES string of the molecule is Nc1nc(Nc2ccc([N+](=O)[O-])cc2)cc(-c2cc(Br)ccc2OCc2ccccc2)n1. The van der Waals surface area contributed by atoms with Crippen molar-refractivity contribution in [1.29, 1.82) is 0 Å². The molecule has 0 atom stereocenters. The molecule has 0 spiro atoms. The van der Waals surface area contributed by atoms with Gasteiger partial charge >= 0.3 is 0 Å². The molecule has 1 heterocycles. The van der Waals surface area contributed by atoms with Crippen molar-refractivity contribution in [2.45, 2.75) is 6.61 Å². The summed E-state index contributed by atoms with van der Waals surface area (Å²) in [7, 11) is 0. The Balaban J connectivity index is 1.62. The molecule has 1 aromatic heterocycles. The number of benzene rings is 3. The van der Waals surface area contributed by atoms with Crippen molar-refractivity contribution in [3.8, 4) is 17.0 Å². The molecule has 0 aliphatic carbocycles. The first-order valence-corrected chi connectivity index (χ1v) is 10.4. The van der Waals surface area contributed by atoms with Gasteiger partial charge in [-0.1, -0.05) is 46.3 Å². The number of nitrogens with zero attached hydrogens (tertiary/aromatic N) is 3. The molecule has 160 valence electrons. The monoisotopic (exact) mass is 491 g/mol. The lowest BCUT2D eigenvalue weighted by molar-refractivity contribution is -0.384. The van der Waals surface area contributed by atoms with Crippen molar-refractivity contribution in [2.24, 2.45) is 0 Å². The largest absolute Gasteiger partial charge is 0.488 e. The van der Waals surface area contributed by atoms with E-state index in [2.05, 4.69) is 31.2 Å². The molecule has 3 aromatic carbocycles. The lowest BCUT2D eigenvalue weighted by Gasteiger charge is -2.13. The predicted octanol–water partition coefficient (Wildman–Crippen LogP) is 5.72. The number of ether oxygens (including phenoxy) is 1. The smallest absolute Gasteiger partial charge is 0.269 e. The molecule has 8 nitrogen and oxygen atoms in total. The van der Waals surface area contributed by atoms with E-state index in [1.807, 2.05) is 48.5 Å². The van der Waals surface area contributed by atoms with Crippen LogP contribution in [0.4, 0.5) is 23.1 Å². The quantitative estimate of drug-likeness (QED) is 0.250. The van der Waals surface area contributed by atoms with E-state index in [4.69, 9.17) is 10.5 Å². The van der Waals surface area contributed by atoms with Gasteiger partial charge in [0.05, 0.1) is 10.6 Å². The van der Waals surface area contributed by atoms with Gasteiger partial charge in [-0.05, 0) is 35.9 Å². The van der Waals surface area contributed by atoms with E-state index >= 15 is 0 Å². The summed E-state index contributed by atoms with van der Waals surface area (Å²) >= 11 is 3.50. The fraction of sp³-hybridized carbons (Fsp3) is 0.0435. The molecule has 0 amide bonds. The zero-order valence-corrected chi connectivity index (χ0v) is 18.3. The number of nitrogen functional groups attached to an aromatic ring is 1. The van der Waals surface area contributed by atoms with Gasteiger partial charge < -0.3 is 15.8 Å². The van der Waals surface area contributed by atoms with Crippen LogP contribution in [0.1, 0.15) is 5.56 Å². The van der Waals surface area contributed by atoms with Crippen LogP contribution in [0.5, 0.6) is 5.75 Å². The Morgan fingerprint density at radius 3 is 2.47 bits per heavy atom. The minimum absolute atomic E-state index is 0.00721. The van der Waals surface area contributed by atoms with Crippen molar-refractivity contribution < 1.29 is 9.66 Å². The van der Waals surface area contributed by atoms with Gasteiger partial charge in [0.1, 0.15) is 18.2 Å². The molecule has 4 rings (SSSR count). The second-order valence-electron chi connectivity index (χ2n) is 6.84. The van der Waals surface area contributed by atoms with Crippen molar-refractivity contribution in [1.82, 2.24) is 9.97 Å². The summed E-state index contributed by atoms with van der Waals surface area (Å²) in [5.74, 6) is 1.19. The first kappa shape index (κ1) is 21.3. The van der Waals surface area contributed by atoms with Gasteiger partial charge in [-0.25, -0.2) is 4.98 Å². The van der Waals surface area contributed by atoms with Crippen molar-refractivity contribution in [3.63, 3.8) is 0 Å². The third-order valence-electron chi connectivity index (χ3n) is 4.55. The van der Waals surface area contributed by atoms with Crippen LogP contribution in [0.3, 0.4) is 0 Å². The summed E-state index contributed by atoms with van der Waals surface area (Å²) in [6.45, 7) is 0.407. The highest BCUT2D eigenvalue weighted by Crippen LogP contribution is 2.34. The van der Waals surface area contributed by atoms with Crippen molar-refractivity contribution >= 4 is 39.1 Å². The van der Waals surface area contributed by atoms with E-state index in [9.17, 15) is 10.1 Å². The van der Waals surface area contributed by atoms with Crippen LogP contribution in [0, 0.1) is 10.1 Å². The maximum atomic E-state index is 10.9. The highest BCUT2D eigenvalue weighted by Gasteiger charge is 2.13. The minimum atomic E-state index is -0.450. The standard InChI is InChI=1S/C23H18BrN5O3/c24-16-6-11-21(32-14-15-4-2-1-3-5-15)19(12-16)20-13-22(28-23(25)27-20)26-17-7-9-18(10-8-17)29(30)31/h1-13H,14H2,(H3,25,26,27,28). The predicted molar refractivity (Wildman–Crippen MR) is 127 cm³/mol. The average molecular weight is 492 g/mol. The number of anilines is 3. The van der Waals surface area contributed by atoms with Gasteiger partial charge in [-0.15, -0.1) is 0 Å². The third kappa shape index (κ3) is 5.19.